The Morgan fingerprint density at radius 3 is 1.14 bits per heavy atom. The fourth-order valence-corrected chi connectivity index (χ4v) is 11.2. The molecular formula is C66H54N2O2. The smallest absolute Gasteiger partial charge is 0.159 e. The summed E-state index contributed by atoms with van der Waals surface area (Å²) in [6, 6.07) is 63.0. The zero-order valence-electron chi connectivity index (χ0n) is 41.0. The number of anilines is 6. The molecular weight excluding hydrogens is 853 g/mol. The Labute approximate surface area is 409 Å². The second kappa shape index (κ2) is 15.7. The maximum absolute atomic E-state index is 6.78. The maximum atomic E-state index is 6.78. The Morgan fingerprint density at radius 2 is 0.729 bits per heavy atom. The van der Waals surface area contributed by atoms with E-state index in [1.54, 1.807) is 0 Å². The van der Waals surface area contributed by atoms with Crippen LogP contribution in [-0.2, 0) is 0 Å². The summed E-state index contributed by atoms with van der Waals surface area (Å²) in [5.74, 6) is 0.767. The van der Waals surface area contributed by atoms with Gasteiger partial charge in [0.1, 0.15) is 11.2 Å². The molecule has 0 saturated heterocycles. The first-order chi connectivity index (χ1) is 34.0. The van der Waals surface area contributed by atoms with Crippen LogP contribution in [-0.4, -0.2) is 0 Å². The van der Waals surface area contributed by atoms with Crippen LogP contribution in [0.25, 0.3) is 87.7 Å². The van der Waals surface area contributed by atoms with Crippen LogP contribution in [0.4, 0.5) is 34.1 Å². The van der Waals surface area contributed by atoms with E-state index in [1.165, 1.54) is 66.1 Å². The van der Waals surface area contributed by atoms with Gasteiger partial charge in [-0.25, -0.2) is 0 Å². The highest BCUT2D eigenvalue weighted by atomic mass is 16.3. The van der Waals surface area contributed by atoms with Crippen molar-refractivity contribution in [2.75, 3.05) is 9.80 Å². The van der Waals surface area contributed by atoms with Gasteiger partial charge in [0.25, 0.3) is 0 Å². The highest BCUT2D eigenvalue weighted by Gasteiger charge is 2.28. The van der Waals surface area contributed by atoms with Gasteiger partial charge in [-0.2, -0.15) is 0 Å². The van der Waals surface area contributed by atoms with Crippen LogP contribution in [0.15, 0.2) is 179 Å². The first-order valence-corrected chi connectivity index (χ1v) is 24.8. The summed E-state index contributed by atoms with van der Waals surface area (Å²) >= 11 is 0. The fourth-order valence-electron chi connectivity index (χ4n) is 11.2. The number of hydrogen-bond acceptors (Lipinski definition) is 4. The van der Waals surface area contributed by atoms with E-state index in [2.05, 4.69) is 235 Å². The third-order valence-electron chi connectivity index (χ3n) is 15.2. The van der Waals surface area contributed by atoms with E-state index < -0.39 is 0 Å². The minimum Gasteiger partial charge on any atom is -0.454 e. The summed E-state index contributed by atoms with van der Waals surface area (Å²) < 4.78 is 13.6. The molecule has 0 fully saturated rings. The molecule has 70 heavy (non-hydrogen) atoms. The molecule has 1 aliphatic rings. The Balaban J connectivity index is 0.945. The van der Waals surface area contributed by atoms with Gasteiger partial charge < -0.3 is 18.6 Å². The zero-order valence-corrected chi connectivity index (χ0v) is 41.0. The van der Waals surface area contributed by atoms with E-state index >= 15 is 0 Å². The second-order valence-electron chi connectivity index (χ2n) is 20.3. The molecule has 0 aliphatic heterocycles. The van der Waals surface area contributed by atoms with Gasteiger partial charge >= 0.3 is 0 Å². The number of aryl methyl sites for hydroxylation is 4. The van der Waals surface area contributed by atoms with Gasteiger partial charge in [-0.15, -0.1) is 0 Å². The molecule has 12 aromatic rings. The standard InChI is InChI=1S/C66H54N2O2/c1-37(2)43-21-17-39(5)59(35-43)67(63-41(7)19-27-53-51-13-9-11-15-61(51)69-65(53)63)49-25-23-45-31-55-57(33-47(45)29-49)56-32-46-24-26-50(30-48(46)34-58(55)56)68(60-36-44(38(3)4)22-18-40(60)6)64-42(8)20-28-54-52-14-10-12-16-62(52)70-66(54)64/h9-38H,1-8H3. The molecule has 2 aromatic heterocycles. The third kappa shape index (κ3) is 6.43. The quantitative estimate of drug-likeness (QED) is 0.152. The van der Waals surface area contributed by atoms with Crippen molar-refractivity contribution in [2.45, 2.75) is 67.2 Å². The van der Waals surface area contributed by atoms with Gasteiger partial charge in [0.2, 0.25) is 0 Å². The van der Waals surface area contributed by atoms with Crippen LogP contribution in [0.3, 0.4) is 0 Å². The lowest BCUT2D eigenvalue weighted by atomic mass is 9.78. The average Bonchev–Trinajstić information content (AvgIpc) is 3.94. The number of rotatable bonds is 8. The topological polar surface area (TPSA) is 32.8 Å². The van der Waals surface area contributed by atoms with Crippen LogP contribution in [0.5, 0.6) is 0 Å². The van der Waals surface area contributed by atoms with E-state index in [9.17, 15) is 0 Å². The number of furan rings is 2. The Hall–Kier alpha value is -8.08. The number of nitrogens with zero attached hydrogens (tertiary/aromatic N) is 2. The lowest BCUT2D eigenvalue weighted by Gasteiger charge is -2.31. The lowest BCUT2D eigenvalue weighted by molar-refractivity contribution is 0.668. The molecule has 340 valence electrons. The van der Waals surface area contributed by atoms with E-state index in [-0.39, 0.29) is 0 Å². The molecule has 0 saturated carbocycles. The minimum atomic E-state index is 0.383. The first kappa shape index (κ1) is 42.1. The van der Waals surface area contributed by atoms with Crippen molar-refractivity contribution in [1.82, 2.24) is 0 Å². The SMILES string of the molecule is Cc1ccc(C(C)C)cc1N(c1ccc2cc3c(cc2c1)-c1cc2ccc(N(c4cc(C(C)C)ccc4C)c4c(C)ccc5c4oc4ccccc45)cc2cc1-3)c1c(C)ccc2c1oc1ccccc12. The molecule has 0 bridgehead atoms. The van der Waals surface area contributed by atoms with E-state index in [1.807, 2.05) is 0 Å². The van der Waals surface area contributed by atoms with E-state index in [4.69, 9.17) is 8.83 Å². The summed E-state index contributed by atoms with van der Waals surface area (Å²) in [6.45, 7) is 17.9. The summed E-state index contributed by atoms with van der Waals surface area (Å²) in [4.78, 5) is 4.89. The molecule has 0 N–H and O–H groups in total. The molecule has 0 unspecified atom stereocenters. The number of hydrogen-bond donors (Lipinski definition) is 0. The molecule has 1 aliphatic carbocycles. The van der Waals surface area contributed by atoms with Gasteiger partial charge in [-0.1, -0.05) is 125 Å². The Bertz CT molecular complexity index is 3860. The largest absolute Gasteiger partial charge is 0.454 e. The number of fused-ring (bicyclic) bond motifs is 12. The normalized spacial score (nSPS) is 12.3. The van der Waals surface area contributed by atoms with Gasteiger partial charge in [0.05, 0.1) is 11.4 Å². The van der Waals surface area contributed by atoms with Gasteiger partial charge in [-0.3, -0.25) is 0 Å². The Kier molecular flexibility index (Phi) is 9.45. The summed E-state index contributed by atoms with van der Waals surface area (Å²) in [5.41, 5.74) is 22.8. The summed E-state index contributed by atoms with van der Waals surface area (Å²) in [7, 11) is 0. The van der Waals surface area contributed by atoms with Crippen molar-refractivity contribution < 1.29 is 8.83 Å². The third-order valence-corrected chi connectivity index (χ3v) is 15.2. The fraction of sp³-hybridized carbons (Fsp3) is 0.152. The summed E-state index contributed by atoms with van der Waals surface area (Å²) in [5, 5.41) is 9.36. The Morgan fingerprint density at radius 1 is 0.343 bits per heavy atom. The predicted octanol–water partition coefficient (Wildman–Crippen LogP) is 19.9. The molecule has 4 nitrogen and oxygen atoms in total. The van der Waals surface area contributed by atoms with E-state index in [0.717, 1.165) is 89.1 Å². The highest BCUT2D eigenvalue weighted by molar-refractivity contribution is 6.15. The van der Waals surface area contributed by atoms with Crippen LogP contribution < -0.4 is 9.80 Å². The zero-order chi connectivity index (χ0) is 47.7. The van der Waals surface area contributed by atoms with Crippen LogP contribution in [0, 0.1) is 27.7 Å². The van der Waals surface area contributed by atoms with Crippen molar-refractivity contribution in [3.05, 3.63) is 203 Å². The lowest BCUT2D eigenvalue weighted by Crippen LogP contribution is -2.14. The second-order valence-corrected chi connectivity index (χ2v) is 20.3. The van der Waals surface area contributed by atoms with Crippen LogP contribution >= 0.6 is 0 Å². The van der Waals surface area contributed by atoms with Crippen molar-refractivity contribution >= 4 is 99.5 Å². The first-order valence-electron chi connectivity index (χ1n) is 24.8. The van der Waals surface area contributed by atoms with E-state index in [0.29, 0.717) is 11.8 Å². The van der Waals surface area contributed by atoms with Crippen LogP contribution in [0.2, 0.25) is 0 Å². The summed E-state index contributed by atoms with van der Waals surface area (Å²) in [6.07, 6.45) is 0. The van der Waals surface area contributed by atoms with Gasteiger partial charge in [0, 0.05) is 44.3 Å². The van der Waals surface area contributed by atoms with Crippen molar-refractivity contribution in [1.29, 1.82) is 0 Å². The van der Waals surface area contributed by atoms with Crippen LogP contribution in [0.1, 0.15) is 72.9 Å². The molecule has 4 heteroatoms. The van der Waals surface area contributed by atoms with Crippen molar-refractivity contribution in [3.8, 4) is 22.3 Å². The monoisotopic (exact) mass is 906 g/mol. The molecule has 13 rings (SSSR count). The minimum absolute atomic E-state index is 0.383. The molecule has 2 heterocycles. The predicted molar refractivity (Wildman–Crippen MR) is 297 cm³/mol. The molecule has 0 spiro atoms. The molecule has 0 atom stereocenters. The molecule has 10 aromatic carbocycles. The average molecular weight is 907 g/mol. The van der Waals surface area contributed by atoms with Crippen molar-refractivity contribution in [3.63, 3.8) is 0 Å². The number of para-hydroxylation sites is 2. The maximum Gasteiger partial charge on any atom is 0.159 e. The van der Waals surface area contributed by atoms with Gasteiger partial charge in [-0.05, 0) is 190 Å². The van der Waals surface area contributed by atoms with Gasteiger partial charge in [0.15, 0.2) is 11.2 Å². The van der Waals surface area contributed by atoms with Crippen molar-refractivity contribution in [2.24, 2.45) is 0 Å². The molecule has 0 radical (unpaired) electrons. The molecule has 0 amide bonds. The highest BCUT2D eigenvalue weighted by Crippen LogP contribution is 2.53. The number of benzene rings is 10.